The minimum absolute atomic E-state index is 0.272. The molecule has 0 bridgehead atoms. The molecule has 100 valence electrons. The molecule has 0 fully saturated rings. The predicted octanol–water partition coefficient (Wildman–Crippen LogP) is 2.85. The summed E-state index contributed by atoms with van der Waals surface area (Å²) >= 11 is 7.11. The van der Waals surface area contributed by atoms with Crippen LogP contribution in [0.3, 0.4) is 0 Å². The lowest BCUT2D eigenvalue weighted by molar-refractivity contribution is 0.627. The smallest absolute Gasteiger partial charge is 0.138 e. The van der Waals surface area contributed by atoms with Crippen molar-refractivity contribution in [1.82, 2.24) is 9.78 Å². The summed E-state index contributed by atoms with van der Waals surface area (Å²) in [6.45, 7) is 1.84. The number of benzene rings is 1. The standard InChI is InChI=1S/C12H12FIN4S/c1-6-10(11(15)19)12(18(2)17-6)16-9-4-3-7(13)5-8(9)14/h3-5,16H,1-2H3,(H2,15,19). The second-order valence-corrected chi connectivity index (χ2v) is 5.65. The molecule has 0 spiro atoms. The zero-order chi connectivity index (χ0) is 14.2. The van der Waals surface area contributed by atoms with Crippen molar-refractivity contribution >= 4 is 51.3 Å². The van der Waals surface area contributed by atoms with Crippen LogP contribution in [0.15, 0.2) is 18.2 Å². The molecule has 7 heteroatoms. The molecule has 0 unspecified atom stereocenters. The number of thiocarbonyl (C=S) groups is 1. The molecule has 2 rings (SSSR count). The van der Waals surface area contributed by atoms with Crippen molar-refractivity contribution in [1.29, 1.82) is 0 Å². The zero-order valence-electron chi connectivity index (χ0n) is 10.4. The number of rotatable bonds is 3. The normalized spacial score (nSPS) is 10.5. The quantitative estimate of drug-likeness (QED) is 0.625. The van der Waals surface area contributed by atoms with Crippen molar-refractivity contribution in [3.8, 4) is 0 Å². The van der Waals surface area contributed by atoms with Crippen LogP contribution in [0.2, 0.25) is 0 Å². The molecule has 0 amide bonds. The third-order valence-electron chi connectivity index (χ3n) is 2.65. The number of nitrogens with zero attached hydrogens (tertiary/aromatic N) is 2. The van der Waals surface area contributed by atoms with E-state index in [0.29, 0.717) is 11.4 Å². The van der Waals surface area contributed by atoms with Crippen molar-refractivity contribution in [2.24, 2.45) is 12.8 Å². The van der Waals surface area contributed by atoms with E-state index in [1.165, 1.54) is 12.1 Å². The molecule has 0 atom stereocenters. The van der Waals surface area contributed by atoms with Crippen LogP contribution in [-0.2, 0) is 7.05 Å². The van der Waals surface area contributed by atoms with Crippen LogP contribution in [0.25, 0.3) is 0 Å². The monoisotopic (exact) mass is 390 g/mol. The van der Waals surface area contributed by atoms with Crippen molar-refractivity contribution < 1.29 is 4.39 Å². The van der Waals surface area contributed by atoms with E-state index in [2.05, 4.69) is 33.0 Å². The van der Waals surface area contributed by atoms with Gasteiger partial charge in [0.25, 0.3) is 0 Å². The van der Waals surface area contributed by atoms with Gasteiger partial charge < -0.3 is 11.1 Å². The van der Waals surface area contributed by atoms with Gasteiger partial charge in [-0.1, -0.05) is 12.2 Å². The second-order valence-electron chi connectivity index (χ2n) is 4.05. The minimum Gasteiger partial charge on any atom is -0.389 e. The molecule has 0 aliphatic carbocycles. The molecule has 1 heterocycles. The molecule has 3 N–H and O–H groups in total. The first kappa shape index (κ1) is 14.2. The van der Waals surface area contributed by atoms with Crippen LogP contribution < -0.4 is 11.1 Å². The van der Waals surface area contributed by atoms with Crippen LogP contribution in [0.5, 0.6) is 0 Å². The van der Waals surface area contributed by atoms with Gasteiger partial charge in [-0.15, -0.1) is 0 Å². The number of nitrogens with two attached hydrogens (primary N) is 1. The molecule has 1 aromatic heterocycles. The van der Waals surface area contributed by atoms with Crippen LogP contribution in [0.4, 0.5) is 15.9 Å². The Bertz CT molecular complexity index is 653. The maximum absolute atomic E-state index is 13.1. The van der Waals surface area contributed by atoms with Gasteiger partial charge in [-0.2, -0.15) is 5.10 Å². The van der Waals surface area contributed by atoms with E-state index < -0.39 is 0 Å². The van der Waals surface area contributed by atoms with Crippen LogP contribution in [0, 0.1) is 16.3 Å². The van der Waals surface area contributed by atoms with E-state index in [1.807, 2.05) is 6.92 Å². The van der Waals surface area contributed by atoms with Gasteiger partial charge in [0.15, 0.2) is 0 Å². The molecule has 19 heavy (non-hydrogen) atoms. The first-order valence-electron chi connectivity index (χ1n) is 5.45. The Morgan fingerprint density at radius 3 is 2.79 bits per heavy atom. The third kappa shape index (κ3) is 2.86. The number of hydrogen-bond donors (Lipinski definition) is 2. The lowest BCUT2D eigenvalue weighted by atomic mass is 10.2. The molecule has 0 aliphatic rings. The number of aryl methyl sites for hydroxylation is 2. The van der Waals surface area contributed by atoms with Gasteiger partial charge >= 0.3 is 0 Å². The summed E-state index contributed by atoms with van der Waals surface area (Å²) in [5, 5.41) is 7.48. The van der Waals surface area contributed by atoms with Gasteiger partial charge in [-0.25, -0.2) is 4.39 Å². The lowest BCUT2D eigenvalue weighted by Gasteiger charge is -2.11. The zero-order valence-corrected chi connectivity index (χ0v) is 13.3. The Morgan fingerprint density at radius 1 is 1.53 bits per heavy atom. The summed E-state index contributed by atoms with van der Waals surface area (Å²) in [7, 11) is 1.80. The minimum atomic E-state index is -0.272. The Labute approximate surface area is 129 Å². The lowest BCUT2D eigenvalue weighted by Crippen LogP contribution is -2.13. The number of anilines is 2. The molecule has 1 aromatic carbocycles. The fourth-order valence-corrected chi connectivity index (χ4v) is 2.67. The highest BCUT2D eigenvalue weighted by molar-refractivity contribution is 14.1. The maximum Gasteiger partial charge on any atom is 0.138 e. The molecule has 0 saturated heterocycles. The summed E-state index contributed by atoms with van der Waals surface area (Å²) in [4.78, 5) is 0.283. The van der Waals surface area contributed by atoms with Crippen molar-refractivity contribution in [2.75, 3.05) is 5.32 Å². The Kier molecular flexibility index (Phi) is 4.04. The Morgan fingerprint density at radius 2 is 2.21 bits per heavy atom. The number of hydrogen-bond acceptors (Lipinski definition) is 3. The fourth-order valence-electron chi connectivity index (χ4n) is 1.81. The summed E-state index contributed by atoms with van der Waals surface area (Å²) < 4.78 is 15.5. The summed E-state index contributed by atoms with van der Waals surface area (Å²) in [6.07, 6.45) is 0. The number of aromatic nitrogens is 2. The third-order valence-corrected chi connectivity index (χ3v) is 3.75. The summed E-state index contributed by atoms with van der Waals surface area (Å²) in [6, 6.07) is 4.52. The van der Waals surface area contributed by atoms with Crippen molar-refractivity contribution in [2.45, 2.75) is 6.92 Å². The van der Waals surface area contributed by atoms with E-state index in [0.717, 1.165) is 15.0 Å². The average Bonchev–Trinajstić information content (AvgIpc) is 2.57. The highest BCUT2D eigenvalue weighted by Gasteiger charge is 2.16. The van der Waals surface area contributed by atoms with E-state index in [4.69, 9.17) is 18.0 Å². The first-order valence-corrected chi connectivity index (χ1v) is 6.94. The molecule has 0 radical (unpaired) electrons. The molecule has 0 saturated carbocycles. The fraction of sp³-hybridized carbons (Fsp3) is 0.167. The second kappa shape index (κ2) is 5.41. The predicted molar refractivity (Wildman–Crippen MR) is 86.2 cm³/mol. The summed E-state index contributed by atoms with van der Waals surface area (Å²) in [5.74, 6) is 0.431. The van der Waals surface area contributed by atoms with Gasteiger partial charge in [0.1, 0.15) is 16.6 Å². The van der Waals surface area contributed by atoms with E-state index in [9.17, 15) is 4.39 Å². The summed E-state index contributed by atoms with van der Waals surface area (Å²) in [5.41, 5.74) is 7.97. The number of nitrogens with one attached hydrogen (secondary N) is 1. The van der Waals surface area contributed by atoms with Crippen molar-refractivity contribution in [3.05, 3.63) is 38.8 Å². The highest BCUT2D eigenvalue weighted by Crippen LogP contribution is 2.26. The van der Waals surface area contributed by atoms with E-state index >= 15 is 0 Å². The van der Waals surface area contributed by atoms with Crippen LogP contribution >= 0.6 is 34.8 Å². The Hall–Kier alpha value is -1.22. The molecular formula is C12H12FIN4S. The molecule has 4 nitrogen and oxygen atoms in total. The molecule has 2 aromatic rings. The van der Waals surface area contributed by atoms with Crippen LogP contribution in [-0.4, -0.2) is 14.8 Å². The molecule has 0 aliphatic heterocycles. The average molecular weight is 390 g/mol. The Balaban J connectivity index is 2.46. The largest absolute Gasteiger partial charge is 0.389 e. The SMILES string of the molecule is Cc1nn(C)c(Nc2ccc(F)cc2I)c1C(N)=S. The maximum atomic E-state index is 13.1. The van der Waals surface area contributed by atoms with E-state index in [-0.39, 0.29) is 10.8 Å². The van der Waals surface area contributed by atoms with Crippen molar-refractivity contribution in [3.63, 3.8) is 0 Å². The van der Waals surface area contributed by atoms with Gasteiger partial charge in [0.2, 0.25) is 0 Å². The van der Waals surface area contributed by atoms with Crippen LogP contribution in [0.1, 0.15) is 11.3 Å². The molecular weight excluding hydrogens is 378 g/mol. The topological polar surface area (TPSA) is 55.9 Å². The van der Waals surface area contributed by atoms with E-state index in [1.54, 1.807) is 17.8 Å². The van der Waals surface area contributed by atoms with Gasteiger partial charge in [0.05, 0.1) is 16.9 Å². The van der Waals surface area contributed by atoms with Gasteiger partial charge in [-0.05, 0) is 47.7 Å². The van der Waals surface area contributed by atoms with Gasteiger partial charge in [0, 0.05) is 10.6 Å². The number of halogens is 2. The van der Waals surface area contributed by atoms with Gasteiger partial charge in [-0.3, -0.25) is 4.68 Å². The highest BCUT2D eigenvalue weighted by atomic mass is 127. The first-order chi connectivity index (χ1) is 8.90.